The Morgan fingerprint density at radius 1 is 1.08 bits per heavy atom. The summed E-state index contributed by atoms with van der Waals surface area (Å²) < 4.78 is 45.7. The number of carbonyl (C=O) groups excluding carboxylic acids is 1. The van der Waals surface area contributed by atoms with Crippen LogP contribution in [-0.2, 0) is 0 Å². The van der Waals surface area contributed by atoms with Gasteiger partial charge in [-0.3, -0.25) is 14.9 Å². The lowest BCUT2D eigenvalue weighted by Crippen LogP contribution is -2.15. The van der Waals surface area contributed by atoms with E-state index < -0.39 is 57.8 Å². The Labute approximate surface area is 142 Å². The van der Waals surface area contributed by atoms with Gasteiger partial charge in [0.05, 0.1) is 4.92 Å². The third-order valence-corrected chi connectivity index (χ3v) is 3.22. The number of Topliss-reactive ketones (excluding diaryl/α,β-unsaturated/α-hetero) is 1. The van der Waals surface area contributed by atoms with Gasteiger partial charge in [0.25, 0.3) is 5.69 Å². The van der Waals surface area contributed by atoms with E-state index in [2.05, 4.69) is 4.74 Å². The molecule has 2 aromatic carbocycles. The summed E-state index contributed by atoms with van der Waals surface area (Å²) in [7, 11) is 0. The summed E-state index contributed by atoms with van der Waals surface area (Å²) in [4.78, 5) is 32.4. The molecule has 0 atom stereocenters. The van der Waals surface area contributed by atoms with Gasteiger partial charge in [-0.25, -0.2) is 9.18 Å². The largest absolute Gasteiger partial charge is 0.504 e. The van der Waals surface area contributed by atoms with Crippen molar-refractivity contribution in [1.82, 2.24) is 0 Å². The van der Waals surface area contributed by atoms with Crippen LogP contribution in [0.25, 0.3) is 0 Å². The first-order valence-electron chi connectivity index (χ1n) is 6.68. The molecule has 2 aromatic rings. The molecule has 0 radical (unpaired) electrons. The number of ketones is 1. The lowest BCUT2D eigenvalue weighted by molar-refractivity contribution is -0.384. The number of phenols is 1. The fourth-order valence-electron chi connectivity index (χ4n) is 1.94. The number of halogens is 3. The molecular formula is C15H8F3NO7. The average Bonchev–Trinajstić information content (AvgIpc) is 2.59. The van der Waals surface area contributed by atoms with E-state index in [1.54, 1.807) is 0 Å². The van der Waals surface area contributed by atoms with E-state index in [0.717, 1.165) is 24.3 Å². The maximum absolute atomic E-state index is 13.8. The zero-order chi connectivity index (χ0) is 19.6. The number of ether oxygens (including phenoxy) is 1. The molecule has 0 aliphatic carbocycles. The second kappa shape index (κ2) is 7.09. The number of rotatable bonds is 6. The van der Waals surface area contributed by atoms with E-state index in [4.69, 9.17) is 5.11 Å². The molecule has 0 fully saturated rings. The molecule has 0 saturated carbocycles. The van der Waals surface area contributed by atoms with Crippen molar-refractivity contribution in [3.63, 3.8) is 0 Å². The van der Waals surface area contributed by atoms with E-state index in [1.807, 2.05) is 0 Å². The van der Waals surface area contributed by atoms with Gasteiger partial charge in [0.2, 0.25) is 11.6 Å². The van der Waals surface area contributed by atoms with Crippen molar-refractivity contribution >= 4 is 17.4 Å². The number of aromatic hydroxyl groups is 1. The number of hydrogen-bond acceptors (Lipinski definition) is 6. The number of carboxylic acids is 1. The van der Waals surface area contributed by atoms with Gasteiger partial charge in [-0.05, 0) is 12.1 Å². The second-order valence-electron chi connectivity index (χ2n) is 4.82. The third-order valence-electron chi connectivity index (χ3n) is 3.22. The van der Waals surface area contributed by atoms with Gasteiger partial charge in [0.15, 0.2) is 29.7 Å². The third kappa shape index (κ3) is 3.41. The van der Waals surface area contributed by atoms with Crippen LogP contribution in [0.4, 0.5) is 18.9 Å². The Balaban J connectivity index is 2.25. The molecule has 2 rings (SSSR count). The fraction of sp³-hybridized carbons (Fsp3) is 0.0667. The molecule has 136 valence electrons. The van der Waals surface area contributed by atoms with Gasteiger partial charge < -0.3 is 14.9 Å². The van der Waals surface area contributed by atoms with E-state index >= 15 is 0 Å². The molecule has 0 amide bonds. The molecule has 0 heterocycles. The van der Waals surface area contributed by atoms with Crippen molar-refractivity contribution in [1.29, 1.82) is 0 Å². The molecule has 0 bridgehead atoms. The van der Waals surface area contributed by atoms with Crippen LogP contribution in [0.15, 0.2) is 24.3 Å². The molecule has 8 nitrogen and oxygen atoms in total. The highest BCUT2D eigenvalue weighted by Gasteiger charge is 2.30. The van der Waals surface area contributed by atoms with Gasteiger partial charge >= 0.3 is 5.97 Å². The Bertz CT molecular complexity index is 883. The van der Waals surface area contributed by atoms with E-state index in [0.29, 0.717) is 0 Å². The zero-order valence-corrected chi connectivity index (χ0v) is 12.5. The Kier molecular flexibility index (Phi) is 5.10. The summed E-state index contributed by atoms with van der Waals surface area (Å²) in [6.45, 7) is -1.00. The Morgan fingerprint density at radius 2 is 1.65 bits per heavy atom. The predicted molar refractivity (Wildman–Crippen MR) is 77.9 cm³/mol. The van der Waals surface area contributed by atoms with Crippen molar-refractivity contribution in [2.24, 2.45) is 0 Å². The van der Waals surface area contributed by atoms with Gasteiger partial charge in [0.1, 0.15) is 5.56 Å². The standard InChI is InChI=1S/C15H8F3NO7/c16-10-9(15(22)23)13(21)12(18)14(11(10)17)26-5-8(20)6-1-3-7(4-2-6)19(24)25/h1-4,21H,5H2,(H,22,23). The maximum atomic E-state index is 13.8. The highest BCUT2D eigenvalue weighted by Crippen LogP contribution is 2.35. The Hall–Kier alpha value is -3.63. The molecule has 0 unspecified atom stereocenters. The molecule has 11 heteroatoms. The number of hydrogen-bond donors (Lipinski definition) is 2. The molecule has 26 heavy (non-hydrogen) atoms. The molecule has 0 aromatic heterocycles. The van der Waals surface area contributed by atoms with Crippen LogP contribution in [0.1, 0.15) is 20.7 Å². The number of carboxylic acid groups (broad SMARTS) is 1. The smallest absolute Gasteiger partial charge is 0.342 e. The zero-order valence-electron chi connectivity index (χ0n) is 12.5. The monoisotopic (exact) mass is 371 g/mol. The highest BCUT2D eigenvalue weighted by molar-refractivity contribution is 5.97. The van der Waals surface area contributed by atoms with Crippen LogP contribution >= 0.6 is 0 Å². The summed E-state index contributed by atoms with van der Waals surface area (Å²) in [5, 5.41) is 28.5. The molecule has 2 N–H and O–H groups in total. The summed E-state index contributed by atoms with van der Waals surface area (Å²) in [5.41, 5.74) is -2.01. The summed E-state index contributed by atoms with van der Waals surface area (Å²) in [6.07, 6.45) is 0. The Morgan fingerprint density at radius 3 is 2.15 bits per heavy atom. The van der Waals surface area contributed by atoms with Gasteiger partial charge in [-0.1, -0.05) is 0 Å². The number of nitro groups is 1. The minimum absolute atomic E-state index is 0.0942. The quantitative estimate of drug-likeness (QED) is 0.346. The van der Waals surface area contributed by atoms with Crippen LogP contribution in [0.3, 0.4) is 0 Å². The van der Waals surface area contributed by atoms with Gasteiger partial charge in [-0.15, -0.1) is 0 Å². The first-order chi connectivity index (χ1) is 12.1. The fourth-order valence-corrected chi connectivity index (χ4v) is 1.94. The summed E-state index contributed by atoms with van der Waals surface area (Å²) >= 11 is 0. The van der Waals surface area contributed by atoms with Crippen LogP contribution in [0, 0.1) is 27.6 Å². The number of carbonyl (C=O) groups is 2. The minimum atomic E-state index is -2.11. The van der Waals surface area contributed by atoms with Crippen LogP contribution in [-0.4, -0.2) is 33.5 Å². The van der Waals surface area contributed by atoms with Gasteiger partial charge in [0, 0.05) is 17.7 Å². The number of aromatic carboxylic acids is 1. The molecule has 0 aliphatic heterocycles. The normalized spacial score (nSPS) is 10.4. The number of non-ortho nitro benzene ring substituents is 1. The molecule has 0 spiro atoms. The van der Waals surface area contributed by atoms with Crippen molar-refractivity contribution < 1.29 is 42.6 Å². The lowest BCUT2D eigenvalue weighted by Gasteiger charge is -2.11. The first kappa shape index (κ1) is 18.7. The lowest BCUT2D eigenvalue weighted by atomic mass is 10.1. The van der Waals surface area contributed by atoms with E-state index in [9.17, 15) is 38.0 Å². The van der Waals surface area contributed by atoms with Crippen LogP contribution in [0.2, 0.25) is 0 Å². The SMILES string of the molecule is O=C(COc1c(F)c(O)c(C(=O)O)c(F)c1F)c1ccc([N+](=O)[O-])cc1. The van der Waals surface area contributed by atoms with Crippen molar-refractivity contribution in [3.8, 4) is 11.5 Å². The van der Waals surface area contributed by atoms with E-state index in [-0.39, 0.29) is 11.3 Å². The van der Waals surface area contributed by atoms with E-state index in [1.165, 1.54) is 0 Å². The topological polar surface area (TPSA) is 127 Å². The molecule has 0 aliphatic rings. The molecular weight excluding hydrogens is 363 g/mol. The summed E-state index contributed by atoms with van der Waals surface area (Å²) in [6, 6.07) is 4.17. The number of nitro benzene ring substituents is 1. The maximum Gasteiger partial charge on any atom is 0.342 e. The average molecular weight is 371 g/mol. The second-order valence-corrected chi connectivity index (χ2v) is 4.82. The van der Waals surface area contributed by atoms with Gasteiger partial charge in [-0.2, -0.15) is 8.78 Å². The highest BCUT2D eigenvalue weighted by atomic mass is 19.2. The van der Waals surface area contributed by atoms with Crippen LogP contribution < -0.4 is 4.74 Å². The number of benzene rings is 2. The minimum Gasteiger partial charge on any atom is -0.504 e. The van der Waals surface area contributed by atoms with Crippen molar-refractivity contribution in [3.05, 3.63) is 63.0 Å². The predicted octanol–water partition coefficient (Wildman–Crippen LogP) is 2.68. The van der Waals surface area contributed by atoms with Crippen molar-refractivity contribution in [2.45, 2.75) is 0 Å². The number of nitrogens with zero attached hydrogens (tertiary/aromatic N) is 1. The van der Waals surface area contributed by atoms with Crippen LogP contribution in [0.5, 0.6) is 11.5 Å². The van der Waals surface area contributed by atoms with Crippen molar-refractivity contribution in [2.75, 3.05) is 6.61 Å². The molecule has 0 saturated heterocycles. The first-order valence-corrected chi connectivity index (χ1v) is 6.68. The summed E-state index contributed by atoms with van der Waals surface area (Å²) in [5.74, 6) is -12.1.